The smallest absolute Gasteiger partial charge is 0.422 e. The molecule has 0 aromatic heterocycles. The fourth-order valence-electron chi connectivity index (χ4n) is 5.51. The molecule has 2 aliphatic heterocycles. The third-order valence-corrected chi connectivity index (χ3v) is 8.93. The largest absolute Gasteiger partial charge is 0.489 e. The number of nitriles is 1. The summed E-state index contributed by atoms with van der Waals surface area (Å²) >= 11 is 5.06. The fraction of sp³-hybridized carbons (Fsp3) is 0.225. The number of nitrogens with zero attached hydrogens (tertiary/aromatic N) is 5. The molecule has 0 N–H and O–H groups in total. The number of anilines is 2. The molecule has 19 heteroatoms. The Morgan fingerprint density at radius 2 is 1.14 bits per heavy atom. The second kappa shape index (κ2) is 16.4. The van der Waals surface area contributed by atoms with Crippen molar-refractivity contribution in [2.24, 2.45) is 0 Å². The molecule has 2 heterocycles. The molecule has 0 saturated carbocycles. The van der Waals surface area contributed by atoms with Gasteiger partial charge in [-0.15, -0.1) is 0 Å². The summed E-state index contributed by atoms with van der Waals surface area (Å²) in [7, 11) is 0. The number of hydrogen-bond donors (Lipinski definition) is 0. The van der Waals surface area contributed by atoms with Gasteiger partial charge in [0.1, 0.15) is 24.7 Å². The molecule has 3 amide bonds. The summed E-state index contributed by atoms with van der Waals surface area (Å²) in [6, 6.07) is 20.5. The van der Waals surface area contributed by atoms with E-state index in [1.807, 2.05) is 13.0 Å². The first-order valence-electron chi connectivity index (χ1n) is 16.8. The van der Waals surface area contributed by atoms with Gasteiger partial charge in [0.15, 0.2) is 11.4 Å². The van der Waals surface area contributed by atoms with Gasteiger partial charge in [0, 0.05) is 0 Å². The number of carbonyl (C=O) groups excluding carboxylic acids is 3. The zero-order chi connectivity index (χ0) is 43.5. The van der Waals surface area contributed by atoms with Crippen molar-refractivity contribution in [1.82, 2.24) is 0 Å². The van der Waals surface area contributed by atoms with E-state index in [9.17, 15) is 40.7 Å². The van der Waals surface area contributed by atoms with Gasteiger partial charge in [-0.1, -0.05) is 29.8 Å². The van der Waals surface area contributed by atoms with E-state index in [2.05, 4.69) is 9.69 Å². The zero-order valence-electron chi connectivity index (χ0n) is 30.8. The highest BCUT2D eigenvalue weighted by Gasteiger charge is 2.53. The lowest BCUT2D eigenvalue weighted by Crippen LogP contribution is -2.43. The molecule has 4 aromatic rings. The highest BCUT2D eigenvalue weighted by molar-refractivity contribution is 7.80. The molecule has 0 spiro atoms. The summed E-state index contributed by atoms with van der Waals surface area (Å²) in [5, 5.41) is 8.49. The van der Waals surface area contributed by atoms with E-state index in [0.717, 1.165) is 28.7 Å². The minimum Gasteiger partial charge on any atom is -0.489 e. The normalized spacial score (nSPS) is 18.8. The minimum atomic E-state index is -4.82. The van der Waals surface area contributed by atoms with E-state index in [0.29, 0.717) is 34.1 Å². The second-order valence-corrected chi connectivity index (χ2v) is 13.5. The van der Waals surface area contributed by atoms with Crippen LogP contribution in [0.3, 0.4) is 0 Å². The van der Waals surface area contributed by atoms with Crippen molar-refractivity contribution in [3.05, 3.63) is 130 Å². The maximum Gasteiger partial charge on any atom is 0.422 e. The first-order chi connectivity index (χ1) is 27.6. The topological polar surface area (TPSA) is 127 Å². The quantitative estimate of drug-likeness (QED) is 0.0969. The van der Waals surface area contributed by atoms with Gasteiger partial charge in [-0.3, -0.25) is 9.59 Å². The number of benzene rings is 4. The molecule has 2 atom stereocenters. The maximum absolute atomic E-state index is 13.3. The molecule has 12 nitrogen and oxygen atoms in total. The van der Waals surface area contributed by atoms with E-state index < -0.39 is 64.0 Å². The van der Waals surface area contributed by atoms with E-state index in [1.165, 1.54) is 44.2 Å². The lowest BCUT2D eigenvalue weighted by Gasteiger charge is -2.21. The van der Waals surface area contributed by atoms with Crippen molar-refractivity contribution in [1.29, 1.82) is 5.26 Å². The van der Waals surface area contributed by atoms with Gasteiger partial charge in [-0.25, -0.2) is 24.3 Å². The van der Waals surface area contributed by atoms with Gasteiger partial charge in [-0.2, -0.15) is 31.6 Å². The van der Waals surface area contributed by atoms with Crippen LogP contribution in [0.4, 0.5) is 53.9 Å². The number of hydrogen-bond acceptors (Lipinski definition) is 9. The third-order valence-electron chi connectivity index (χ3n) is 8.66. The molecule has 2 unspecified atom stereocenters. The standard InChI is InChI=1S/C20H12F3N3O3S.C20H15F3N2O4/c1-19(11-28-14-6-3-12(10-24)4-7-14)17(27)26(18(30)29-19)13-5-8-16(25-2)15(9-13)20(21,22)23;1-12-4-7-14(8-5-12)28-11-19(2)17(26)25(18(27)29-19)13-6-9-16(24-3)15(10-13)20(21,22)23/h3-9H,11H2,1H3;4-10H,11H2,1-2H3. The van der Waals surface area contributed by atoms with Crippen LogP contribution in [0, 0.1) is 31.4 Å². The minimum absolute atomic E-state index is 0.160. The molecule has 6 rings (SSSR count). The van der Waals surface area contributed by atoms with Crippen molar-refractivity contribution in [2.45, 2.75) is 44.3 Å². The molecule has 0 aliphatic carbocycles. The Hall–Kier alpha value is -7.17. The van der Waals surface area contributed by atoms with Crippen molar-refractivity contribution in [2.75, 3.05) is 23.0 Å². The van der Waals surface area contributed by atoms with Crippen LogP contribution in [0.2, 0.25) is 0 Å². The molecule has 0 radical (unpaired) electrons. The highest BCUT2D eigenvalue weighted by Crippen LogP contribution is 2.42. The lowest BCUT2D eigenvalue weighted by molar-refractivity contribution is -0.137. The Balaban J connectivity index is 0.000000224. The Morgan fingerprint density at radius 3 is 1.58 bits per heavy atom. The molecule has 2 fully saturated rings. The van der Waals surface area contributed by atoms with Gasteiger partial charge in [-0.05, 0) is 93.7 Å². The van der Waals surface area contributed by atoms with E-state index in [4.69, 9.17) is 49.6 Å². The molecule has 2 saturated heterocycles. The van der Waals surface area contributed by atoms with Crippen molar-refractivity contribution >= 4 is 58.0 Å². The molecular weight excluding hydrogens is 809 g/mol. The number of thiocarbonyl (C=S) groups is 1. The Morgan fingerprint density at radius 1 is 0.712 bits per heavy atom. The number of halogens is 6. The first kappa shape index (κ1) is 43.0. The van der Waals surface area contributed by atoms with Crippen LogP contribution in [-0.2, 0) is 31.4 Å². The number of carbonyl (C=O) groups is 3. The van der Waals surface area contributed by atoms with E-state index in [-0.39, 0.29) is 29.8 Å². The Labute approximate surface area is 337 Å². The molecule has 0 bridgehead atoms. The number of amides is 3. The van der Waals surface area contributed by atoms with Crippen LogP contribution >= 0.6 is 12.2 Å². The number of aryl methyl sites for hydroxylation is 1. The SMILES string of the molecule is [C-]#[N+]c1ccc(N2C(=O)C(C)(COc3ccc(C#N)cc3)OC2=S)cc1C(F)(F)F.[C-]#[N+]c1ccc(N2C(=O)OC(C)(COc3ccc(C)cc3)C2=O)cc1C(F)(F)F. The summed E-state index contributed by atoms with van der Waals surface area (Å²) in [4.78, 5) is 45.0. The van der Waals surface area contributed by atoms with Crippen LogP contribution in [-0.4, -0.2) is 47.5 Å². The Bertz CT molecular complexity index is 2460. The lowest BCUT2D eigenvalue weighted by atomic mass is 10.1. The van der Waals surface area contributed by atoms with Crippen molar-refractivity contribution in [3.8, 4) is 17.6 Å². The maximum atomic E-state index is 13.3. The van der Waals surface area contributed by atoms with Crippen LogP contribution in [0.15, 0.2) is 84.9 Å². The molecule has 2 aliphatic rings. The van der Waals surface area contributed by atoms with Crippen LogP contribution in [0.1, 0.15) is 36.1 Å². The van der Waals surface area contributed by atoms with Gasteiger partial charge in [0.2, 0.25) is 11.2 Å². The van der Waals surface area contributed by atoms with Gasteiger partial charge in [0.05, 0.1) is 47.3 Å². The second-order valence-electron chi connectivity index (χ2n) is 13.1. The summed E-state index contributed by atoms with van der Waals surface area (Å²) < 4.78 is 101. The van der Waals surface area contributed by atoms with Crippen LogP contribution in [0.25, 0.3) is 9.69 Å². The summed E-state index contributed by atoms with van der Waals surface area (Å²) in [6.45, 7) is 17.8. The highest BCUT2D eigenvalue weighted by atomic mass is 32.1. The molecule has 302 valence electrons. The van der Waals surface area contributed by atoms with Crippen LogP contribution in [0.5, 0.6) is 11.5 Å². The number of cyclic esters (lactones) is 1. The van der Waals surface area contributed by atoms with Crippen molar-refractivity contribution in [3.63, 3.8) is 0 Å². The average Bonchev–Trinajstić information content (AvgIpc) is 3.56. The van der Waals surface area contributed by atoms with E-state index in [1.54, 1.807) is 24.3 Å². The van der Waals surface area contributed by atoms with E-state index >= 15 is 0 Å². The fourth-order valence-corrected chi connectivity index (χ4v) is 5.88. The van der Waals surface area contributed by atoms with Gasteiger partial charge < -0.3 is 18.9 Å². The number of alkyl halides is 6. The van der Waals surface area contributed by atoms with Crippen LogP contribution < -0.4 is 19.3 Å². The Kier molecular flexibility index (Phi) is 11.9. The molecule has 59 heavy (non-hydrogen) atoms. The first-order valence-corrected chi connectivity index (χ1v) is 17.2. The zero-order valence-corrected chi connectivity index (χ0v) is 31.6. The van der Waals surface area contributed by atoms with Crippen molar-refractivity contribution < 1.29 is 59.7 Å². The predicted octanol–water partition coefficient (Wildman–Crippen LogP) is 9.50. The molecular formula is C40H27F6N5O7S. The molecule has 4 aromatic carbocycles. The summed E-state index contributed by atoms with van der Waals surface area (Å²) in [5.41, 5.74) is -5.98. The average molecular weight is 836 g/mol. The number of ether oxygens (including phenoxy) is 4. The number of imide groups is 1. The summed E-state index contributed by atoms with van der Waals surface area (Å²) in [5.74, 6) is -0.750. The summed E-state index contributed by atoms with van der Waals surface area (Å²) in [6.07, 6.45) is -10.7. The van der Waals surface area contributed by atoms with Gasteiger partial charge >= 0.3 is 18.4 Å². The third kappa shape index (κ3) is 9.19. The van der Waals surface area contributed by atoms with Gasteiger partial charge in [0.25, 0.3) is 17.0 Å². The number of rotatable bonds is 8. The monoisotopic (exact) mass is 835 g/mol. The predicted molar refractivity (Wildman–Crippen MR) is 201 cm³/mol.